The number of nitrogens with one attached hydrogen (secondary N) is 1. The lowest BCUT2D eigenvalue weighted by Crippen LogP contribution is -2.37. The van der Waals surface area contributed by atoms with E-state index in [2.05, 4.69) is 10.3 Å². The van der Waals surface area contributed by atoms with E-state index in [-0.39, 0.29) is 50.4 Å². The SMILES string of the molecule is CC1Cc2nc3c(c(-c4cc(Cl)c(O)c(C(N)=O)c4)cn3CC(=O)Nc3cc(N4CCOCC4)nc(F)c3Cl)c(=O)n2C1. The molecule has 15 heteroatoms. The quantitative estimate of drug-likeness (QED) is 0.274. The number of phenols is 1. The summed E-state index contributed by atoms with van der Waals surface area (Å²) >= 11 is 12.4. The molecule has 6 rings (SSSR count). The van der Waals surface area contributed by atoms with Gasteiger partial charge < -0.3 is 30.4 Å². The maximum atomic E-state index is 14.7. The number of primary amides is 1. The van der Waals surface area contributed by atoms with Crippen LogP contribution in [0.25, 0.3) is 22.2 Å². The van der Waals surface area contributed by atoms with Crippen LogP contribution >= 0.6 is 23.2 Å². The second-order valence-electron chi connectivity index (χ2n) is 10.6. The number of carbonyl (C=O) groups is 2. The molecule has 1 atom stereocenters. The fourth-order valence-electron chi connectivity index (χ4n) is 5.50. The fraction of sp³-hybridized carbons (Fsp3) is 0.321. The molecule has 43 heavy (non-hydrogen) atoms. The van der Waals surface area contributed by atoms with Crippen molar-refractivity contribution in [3.8, 4) is 16.9 Å². The van der Waals surface area contributed by atoms with Crippen molar-refractivity contribution in [2.75, 3.05) is 36.5 Å². The number of nitrogens with two attached hydrogens (primary N) is 1. The highest BCUT2D eigenvalue weighted by molar-refractivity contribution is 6.34. The van der Waals surface area contributed by atoms with E-state index in [0.29, 0.717) is 62.0 Å². The Bertz CT molecular complexity index is 1870. The van der Waals surface area contributed by atoms with Gasteiger partial charge in [0.1, 0.15) is 34.6 Å². The number of nitrogens with zero attached hydrogens (tertiary/aromatic N) is 5. The smallest absolute Gasteiger partial charge is 0.263 e. The number of rotatable bonds is 6. The van der Waals surface area contributed by atoms with Crippen molar-refractivity contribution in [3.05, 3.63) is 62.1 Å². The average Bonchev–Trinajstić information content (AvgIpc) is 3.53. The van der Waals surface area contributed by atoms with Crippen molar-refractivity contribution in [1.29, 1.82) is 0 Å². The van der Waals surface area contributed by atoms with E-state index in [4.69, 9.17) is 38.7 Å². The first-order chi connectivity index (χ1) is 20.5. The first-order valence-corrected chi connectivity index (χ1v) is 14.2. The molecule has 2 amide bonds. The normalized spacial score (nSPS) is 16.5. The van der Waals surface area contributed by atoms with Gasteiger partial charge in [0.05, 0.1) is 34.9 Å². The van der Waals surface area contributed by atoms with Gasteiger partial charge in [0.15, 0.2) is 0 Å². The third-order valence-corrected chi connectivity index (χ3v) is 8.20. The van der Waals surface area contributed by atoms with Gasteiger partial charge in [-0.15, -0.1) is 0 Å². The second kappa shape index (κ2) is 11.1. The van der Waals surface area contributed by atoms with Gasteiger partial charge in [-0.3, -0.25) is 19.0 Å². The minimum absolute atomic E-state index is 0.0384. The molecule has 1 unspecified atom stereocenters. The number of benzene rings is 1. The number of halogens is 3. The largest absolute Gasteiger partial charge is 0.506 e. The molecule has 12 nitrogen and oxygen atoms in total. The fourth-order valence-corrected chi connectivity index (χ4v) is 5.86. The first-order valence-electron chi connectivity index (χ1n) is 13.5. The summed E-state index contributed by atoms with van der Waals surface area (Å²) in [5.74, 6) is -1.82. The minimum Gasteiger partial charge on any atom is -0.506 e. The van der Waals surface area contributed by atoms with Crippen LogP contribution in [-0.4, -0.2) is 62.3 Å². The second-order valence-corrected chi connectivity index (χ2v) is 11.4. The van der Waals surface area contributed by atoms with Crippen molar-refractivity contribution in [1.82, 2.24) is 19.1 Å². The van der Waals surface area contributed by atoms with Crippen molar-refractivity contribution in [3.63, 3.8) is 0 Å². The number of pyridine rings is 1. The molecule has 0 saturated carbocycles. The summed E-state index contributed by atoms with van der Waals surface area (Å²) in [7, 11) is 0. The summed E-state index contributed by atoms with van der Waals surface area (Å²) in [4.78, 5) is 49.6. The highest BCUT2D eigenvalue weighted by Crippen LogP contribution is 2.37. The van der Waals surface area contributed by atoms with Gasteiger partial charge in [0.2, 0.25) is 11.9 Å². The molecule has 0 aliphatic carbocycles. The Kier molecular flexibility index (Phi) is 7.48. The molecule has 3 aromatic heterocycles. The Morgan fingerprint density at radius 2 is 1.95 bits per heavy atom. The van der Waals surface area contributed by atoms with Crippen molar-refractivity contribution < 1.29 is 23.8 Å². The number of anilines is 2. The van der Waals surface area contributed by atoms with Gasteiger partial charge in [-0.2, -0.15) is 4.39 Å². The lowest BCUT2D eigenvalue weighted by atomic mass is 10.0. The lowest BCUT2D eigenvalue weighted by molar-refractivity contribution is -0.116. The van der Waals surface area contributed by atoms with Crippen LogP contribution in [0.4, 0.5) is 15.9 Å². The maximum Gasteiger partial charge on any atom is 0.263 e. The summed E-state index contributed by atoms with van der Waals surface area (Å²) in [6.07, 6.45) is 2.12. The third-order valence-electron chi connectivity index (χ3n) is 7.55. The number of morpholine rings is 1. The van der Waals surface area contributed by atoms with Crippen LogP contribution < -0.4 is 21.5 Å². The molecular formula is C28H26Cl2FN7O5. The number of hydrogen-bond acceptors (Lipinski definition) is 8. The summed E-state index contributed by atoms with van der Waals surface area (Å²) in [6, 6.07) is 4.22. The Balaban J connectivity index is 1.41. The van der Waals surface area contributed by atoms with Crippen molar-refractivity contribution >= 4 is 57.6 Å². The molecule has 5 heterocycles. The number of aromatic nitrogens is 4. The molecule has 2 aliphatic rings. The highest BCUT2D eigenvalue weighted by atomic mass is 35.5. The molecule has 2 aliphatic heterocycles. The number of ether oxygens (including phenoxy) is 1. The van der Waals surface area contributed by atoms with Gasteiger partial charge in [-0.25, -0.2) is 9.97 Å². The molecule has 1 saturated heterocycles. The molecule has 4 aromatic rings. The Morgan fingerprint density at radius 3 is 2.67 bits per heavy atom. The Hall–Kier alpha value is -4.20. The summed E-state index contributed by atoms with van der Waals surface area (Å²) in [5.41, 5.74) is 5.82. The third kappa shape index (κ3) is 5.28. The maximum absolute atomic E-state index is 14.7. The monoisotopic (exact) mass is 629 g/mol. The van der Waals surface area contributed by atoms with Crippen LogP contribution in [0.2, 0.25) is 10.0 Å². The molecule has 4 N–H and O–H groups in total. The zero-order chi connectivity index (χ0) is 30.6. The summed E-state index contributed by atoms with van der Waals surface area (Å²) < 4.78 is 23.1. The average molecular weight is 630 g/mol. The highest BCUT2D eigenvalue weighted by Gasteiger charge is 2.27. The molecule has 1 fully saturated rings. The van der Waals surface area contributed by atoms with E-state index < -0.39 is 23.5 Å². The molecule has 224 valence electrons. The van der Waals surface area contributed by atoms with Crippen LogP contribution in [0, 0.1) is 11.9 Å². The van der Waals surface area contributed by atoms with Crippen LogP contribution in [0.3, 0.4) is 0 Å². The van der Waals surface area contributed by atoms with Crippen LogP contribution in [0.15, 0.2) is 29.2 Å². The zero-order valence-corrected chi connectivity index (χ0v) is 24.4. The number of carbonyl (C=O) groups excluding carboxylic acids is 2. The molecule has 1 aromatic carbocycles. The summed E-state index contributed by atoms with van der Waals surface area (Å²) in [6.45, 7) is 4.08. The standard InChI is InChI=1S/C28H26Cl2FN7O5/c1-13-6-20-35-27-22(28(42)38(20)10-13)16(14-7-15(26(32)41)24(40)17(29)8-14)11-37(27)12-21(39)33-18-9-19(34-25(31)23(18)30)36-2-4-43-5-3-36/h7-9,11,13,40H,2-6,10,12H2,1H3,(H2,32,41)(H,33,34,39). The number of amides is 2. The predicted molar refractivity (Wildman–Crippen MR) is 158 cm³/mol. The topological polar surface area (TPSA) is 158 Å². The van der Waals surface area contributed by atoms with Crippen LogP contribution in [-0.2, 0) is 29.0 Å². The molecular weight excluding hydrogens is 604 g/mol. The van der Waals surface area contributed by atoms with Gasteiger partial charge in [0.25, 0.3) is 11.5 Å². The van der Waals surface area contributed by atoms with E-state index in [1.54, 1.807) is 10.8 Å². The van der Waals surface area contributed by atoms with E-state index in [1.165, 1.54) is 22.8 Å². The van der Waals surface area contributed by atoms with E-state index >= 15 is 0 Å². The molecule has 0 bridgehead atoms. The zero-order valence-electron chi connectivity index (χ0n) is 22.9. The molecule has 0 spiro atoms. The summed E-state index contributed by atoms with van der Waals surface area (Å²) in [5, 5.41) is 12.6. The van der Waals surface area contributed by atoms with Gasteiger partial charge in [-0.1, -0.05) is 30.1 Å². The lowest BCUT2D eigenvalue weighted by Gasteiger charge is -2.28. The molecule has 0 radical (unpaired) electrons. The number of hydrogen-bond donors (Lipinski definition) is 3. The number of aromatic hydroxyl groups is 1. The minimum atomic E-state index is -0.927. The van der Waals surface area contributed by atoms with E-state index in [1.807, 2.05) is 11.8 Å². The van der Waals surface area contributed by atoms with Gasteiger partial charge >= 0.3 is 0 Å². The van der Waals surface area contributed by atoms with E-state index in [9.17, 15) is 23.9 Å². The van der Waals surface area contributed by atoms with Crippen molar-refractivity contribution in [2.45, 2.75) is 26.4 Å². The van der Waals surface area contributed by atoms with Gasteiger partial charge in [0, 0.05) is 43.9 Å². The predicted octanol–water partition coefficient (Wildman–Crippen LogP) is 3.18. The van der Waals surface area contributed by atoms with Crippen molar-refractivity contribution in [2.24, 2.45) is 11.7 Å². The van der Waals surface area contributed by atoms with Gasteiger partial charge in [-0.05, 0) is 23.6 Å². The van der Waals surface area contributed by atoms with E-state index in [0.717, 1.165) is 0 Å². The van der Waals surface area contributed by atoms with Crippen LogP contribution in [0.5, 0.6) is 5.75 Å². The Morgan fingerprint density at radius 1 is 1.21 bits per heavy atom. The first kappa shape index (κ1) is 28.9. The Labute approximate surface area is 253 Å². The van der Waals surface area contributed by atoms with Crippen LogP contribution in [0.1, 0.15) is 23.1 Å². The number of fused-ring (bicyclic) bond motifs is 2.